The van der Waals surface area contributed by atoms with Crippen LogP contribution in [0.3, 0.4) is 0 Å². The van der Waals surface area contributed by atoms with Gasteiger partial charge in [0, 0.05) is 11.3 Å². The van der Waals surface area contributed by atoms with Gasteiger partial charge in [-0.3, -0.25) is 19.0 Å². The molecule has 0 unspecified atom stereocenters. The number of aryl methyl sites for hydroxylation is 1. The van der Waals surface area contributed by atoms with Crippen LogP contribution in [0.4, 0.5) is 5.69 Å². The topological polar surface area (TPSA) is 107 Å². The highest BCUT2D eigenvalue weighted by atomic mass is 35.5. The Kier molecular flexibility index (Phi) is 5.27. The molecule has 0 spiro atoms. The zero-order valence-corrected chi connectivity index (χ0v) is 17.2. The van der Waals surface area contributed by atoms with Crippen LogP contribution < -0.4 is 16.6 Å². The maximum absolute atomic E-state index is 12.9. The fourth-order valence-electron chi connectivity index (χ4n) is 3.30. The number of hydrogen-bond donors (Lipinski definition) is 2. The number of amides is 2. The number of para-hydroxylation sites is 1. The Morgan fingerprint density at radius 1 is 1.03 bits per heavy atom. The zero-order chi connectivity index (χ0) is 22.1. The van der Waals surface area contributed by atoms with E-state index < -0.39 is 5.91 Å². The largest absolute Gasteiger partial charge is 0.366 e. The first kappa shape index (κ1) is 20.3. The van der Waals surface area contributed by atoms with Crippen LogP contribution in [0.25, 0.3) is 16.6 Å². The molecule has 0 aliphatic heterocycles. The van der Waals surface area contributed by atoms with Gasteiger partial charge in [-0.05, 0) is 61.5 Å². The lowest BCUT2D eigenvalue weighted by atomic mass is 10.1. The molecule has 0 radical (unpaired) electrons. The molecule has 4 rings (SSSR count). The van der Waals surface area contributed by atoms with Gasteiger partial charge in [0.05, 0.1) is 27.2 Å². The van der Waals surface area contributed by atoms with Gasteiger partial charge in [-0.25, -0.2) is 4.98 Å². The molecule has 0 bridgehead atoms. The first-order valence-electron chi connectivity index (χ1n) is 9.34. The summed E-state index contributed by atoms with van der Waals surface area (Å²) in [7, 11) is 0. The number of primary amides is 1. The lowest BCUT2D eigenvalue weighted by Crippen LogP contribution is -2.22. The average Bonchev–Trinajstić information content (AvgIpc) is 2.75. The van der Waals surface area contributed by atoms with E-state index in [9.17, 15) is 14.4 Å². The number of anilines is 1. The van der Waals surface area contributed by atoms with Crippen LogP contribution in [0.15, 0.2) is 71.5 Å². The summed E-state index contributed by atoms with van der Waals surface area (Å²) in [6.45, 7) is 1.76. The van der Waals surface area contributed by atoms with Crippen LogP contribution in [0, 0.1) is 6.92 Å². The number of nitrogens with two attached hydrogens (primary N) is 1. The Bertz CT molecular complexity index is 1390. The second-order valence-electron chi connectivity index (χ2n) is 6.88. The normalized spacial score (nSPS) is 10.8. The quantitative estimate of drug-likeness (QED) is 0.512. The van der Waals surface area contributed by atoms with Crippen molar-refractivity contribution in [1.29, 1.82) is 0 Å². The fraction of sp³-hybridized carbons (Fsp3) is 0.0435. The van der Waals surface area contributed by atoms with Gasteiger partial charge in [0.15, 0.2) is 0 Å². The van der Waals surface area contributed by atoms with Crippen LogP contribution in [0.2, 0.25) is 5.02 Å². The predicted molar refractivity (Wildman–Crippen MR) is 120 cm³/mol. The Morgan fingerprint density at radius 3 is 2.45 bits per heavy atom. The molecule has 0 atom stereocenters. The molecule has 0 saturated carbocycles. The standard InChI is InChI=1S/C23H17ClN4O3/c1-13-26-20-5-3-2-4-17(20)23(31)28(13)16-9-6-14(7-10-16)22(30)27-15-8-11-19(24)18(12-15)21(25)29/h2-12H,1H3,(H2,25,29)(H,27,30). The highest BCUT2D eigenvalue weighted by Crippen LogP contribution is 2.21. The second kappa shape index (κ2) is 8.04. The SMILES string of the molecule is Cc1nc2ccccc2c(=O)n1-c1ccc(C(=O)Nc2ccc(Cl)c(C(N)=O)c2)cc1. The van der Waals surface area contributed by atoms with Crippen molar-refractivity contribution in [2.24, 2.45) is 5.73 Å². The Balaban J connectivity index is 1.63. The summed E-state index contributed by atoms with van der Waals surface area (Å²) in [6, 6.07) is 18.2. The van der Waals surface area contributed by atoms with Crippen molar-refractivity contribution in [3.8, 4) is 5.69 Å². The number of benzene rings is 3. The van der Waals surface area contributed by atoms with Gasteiger partial charge in [-0.15, -0.1) is 0 Å². The summed E-state index contributed by atoms with van der Waals surface area (Å²) in [5.74, 6) is -0.527. The summed E-state index contributed by atoms with van der Waals surface area (Å²) in [5, 5.41) is 3.43. The molecule has 154 valence electrons. The maximum atomic E-state index is 12.9. The summed E-state index contributed by atoms with van der Waals surface area (Å²) in [6.07, 6.45) is 0. The van der Waals surface area contributed by atoms with Crippen molar-refractivity contribution < 1.29 is 9.59 Å². The number of carbonyl (C=O) groups excluding carboxylic acids is 2. The molecule has 0 aliphatic rings. The van der Waals surface area contributed by atoms with Gasteiger partial charge in [0.25, 0.3) is 11.5 Å². The van der Waals surface area contributed by atoms with Gasteiger partial charge < -0.3 is 11.1 Å². The molecular formula is C23H17ClN4O3. The number of hydrogen-bond acceptors (Lipinski definition) is 4. The van der Waals surface area contributed by atoms with Gasteiger partial charge >= 0.3 is 0 Å². The van der Waals surface area contributed by atoms with Crippen LogP contribution >= 0.6 is 11.6 Å². The summed E-state index contributed by atoms with van der Waals surface area (Å²) < 4.78 is 1.50. The maximum Gasteiger partial charge on any atom is 0.265 e. The molecule has 4 aromatic rings. The summed E-state index contributed by atoms with van der Waals surface area (Å²) >= 11 is 5.94. The van der Waals surface area contributed by atoms with Crippen molar-refractivity contribution in [3.63, 3.8) is 0 Å². The van der Waals surface area contributed by atoms with E-state index in [4.69, 9.17) is 17.3 Å². The molecule has 0 aliphatic carbocycles. The smallest absolute Gasteiger partial charge is 0.265 e. The van der Waals surface area contributed by atoms with Crippen LogP contribution in [0.1, 0.15) is 26.5 Å². The van der Waals surface area contributed by atoms with Crippen LogP contribution in [-0.4, -0.2) is 21.4 Å². The van der Waals surface area contributed by atoms with E-state index in [1.54, 1.807) is 55.5 Å². The number of aromatic nitrogens is 2. The van der Waals surface area contributed by atoms with Crippen LogP contribution in [-0.2, 0) is 0 Å². The van der Waals surface area contributed by atoms with E-state index in [0.717, 1.165) is 0 Å². The molecule has 1 heterocycles. The molecule has 7 nitrogen and oxygen atoms in total. The first-order valence-corrected chi connectivity index (χ1v) is 9.72. The zero-order valence-electron chi connectivity index (χ0n) is 16.4. The molecule has 1 aromatic heterocycles. The monoisotopic (exact) mass is 432 g/mol. The van der Waals surface area contributed by atoms with Crippen molar-refractivity contribution >= 4 is 40.0 Å². The van der Waals surface area contributed by atoms with E-state index in [0.29, 0.717) is 33.7 Å². The van der Waals surface area contributed by atoms with Gasteiger partial charge in [-0.2, -0.15) is 0 Å². The van der Waals surface area contributed by atoms with Crippen molar-refractivity contribution in [2.75, 3.05) is 5.32 Å². The van der Waals surface area contributed by atoms with Gasteiger partial charge in [-0.1, -0.05) is 23.7 Å². The lowest BCUT2D eigenvalue weighted by Gasteiger charge is -2.12. The van der Waals surface area contributed by atoms with E-state index in [1.807, 2.05) is 6.07 Å². The van der Waals surface area contributed by atoms with Gasteiger partial charge in [0.1, 0.15) is 5.82 Å². The minimum atomic E-state index is -0.685. The number of rotatable bonds is 4. The number of halogens is 1. The molecule has 0 saturated heterocycles. The third-order valence-corrected chi connectivity index (χ3v) is 5.15. The van der Waals surface area contributed by atoms with E-state index in [1.165, 1.54) is 16.7 Å². The van der Waals surface area contributed by atoms with Crippen molar-refractivity contribution in [1.82, 2.24) is 9.55 Å². The highest BCUT2D eigenvalue weighted by molar-refractivity contribution is 6.34. The van der Waals surface area contributed by atoms with E-state index in [-0.39, 0.29) is 22.1 Å². The molecule has 2 amide bonds. The summed E-state index contributed by atoms with van der Waals surface area (Å²) in [4.78, 5) is 41.4. The van der Waals surface area contributed by atoms with Crippen LogP contribution in [0.5, 0.6) is 0 Å². The Labute approximate surface area is 182 Å². The second-order valence-corrected chi connectivity index (χ2v) is 7.28. The molecule has 8 heteroatoms. The minimum absolute atomic E-state index is 0.119. The number of nitrogens with one attached hydrogen (secondary N) is 1. The molecule has 31 heavy (non-hydrogen) atoms. The Morgan fingerprint density at radius 2 is 1.74 bits per heavy atom. The third-order valence-electron chi connectivity index (χ3n) is 4.82. The average molecular weight is 433 g/mol. The highest BCUT2D eigenvalue weighted by Gasteiger charge is 2.13. The molecule has 3 aromatic carbocycles. The van der Waals surface area contributed by atoms with Crippen molar-refractivity contribution in [3.05, 3.63) is 99.1 Å². The third kappa shape index (κ3) is 3.91. The molecular weight excluding hydrogens is 416 g/mol. The Hall–Kier alpha value is -3.97. The molecule has 3 N–H and O–H groups in total. The predicted octanol–water partition coefficient (Wildman–Crippen LogP) is 3.70. The number of fused-ring (bicyclic) bond motifs is 1. The van der Waals surface area contributed by atoms with E-state index >= 15 is 0 Å². The first-order chi connectivity index (χ1) is 14.8. The summed E-state index contributed by atoms with van der Waals surface area (Å²) in [5.41, 5.74) is 7.22. The minimum Gasteiger partial charge on any atom is -0.366 e. The van der Waals surface area contributed by atoms with Crippen molar-refractivity contribution in [2.45, 2.75) is 6.92 Å². The number of nitrogens with zero attached hydrogens (tertiary/aromatic N) is 2. The van der Waals surface area contributed by atoms with Gasteiger partial charge in [0.2, 0.25) is 5.91 Å². The lowest BCUT2D eigenvalue weighted by molar-refractivity contribution is 0.0996. The molecule has 0 fully saturated rings. The number of carbonyl (C=O) groups is 2. The van der Waals surface area contributed by atoms with E-state index in [2.05, 4.69) is 10.3 Å². The fourth-order valence-corrected chi connectivity index (χ4v) is 3.52.